The molecule has 1 aromatic carbocycles. The van der Waals surface area contributed by atoms with Gasteiger partial charge in [-0.25, -0.2) is 0 Å². The predicted octanol–water partition coefficient (Wildman–Crippen LogP) is 2.55. The van der Waals surface area contributed by atoms with Gasteiger partial charge in [-0.05, 0) is 56.5 Å². The standard InChI is InChI=1S/C19H26ClN3O2/c20-16-8-6-15(7-9-16)19(25)21-10-1-5-18(24)23-13-3-12-22-11-2-4-17(22)14-23/h6-9,17H,1-5,10-14H2,(H,21,25). The molecule has 2 aliphatic heterocycles. The molecule has 0 radical (unpaired) electrons. The summed E-state index contributed by atoms with van der Waals surface area (Å²) in [6.07, 6.45) is 4.69. The number of nitrogens with zero attached hydrogens (tertiary/aromatic N) is 2. The van der Waals surface area contributed by atoms with Crippen molar-refractivity contribution in [3.63, 3.8) is 0 Å². The molecule has 0 spiro atoms. The highest BCUT2D eigenvalue weighted by atomic mass is 35.5. The number of rotatable bonds is 5. The van der Waals surface area contributed by atoms with E-state index in [0.29, 0.717) is 36.0 Å². The Labute approximate surface area is 154 Å². The molecule has 5 nitrogen and oxygen atoms in total. The van der Waals surface area contributed by atoms with Crippen LogP contribution in [0, 0.1) is 0 Å². The summed E-state index contributed by atoms with van der Waals surface area (Å²) in [6, 6.07) is 7.36. The summed E-state index contributed by atoms with van der Waals surface area (Å²) >= 11 is 5.82. The summed E-state index contributed by atoms with van der Waals surface area (Å²) < 4.78 is 0. The Bertz CT molecular complexity index is 605. The first-order valence-electron chi connectivity index (χ1n) is 9.19. The van der Waals surface area contributed by atoms with Gasteiger partial charge in [0, 0.05) is 49.2 Å². The molecule has 2 amide bonds. The van der Waals surface area contributed by atoms with Crippen LogP contribution < -0.4 is 5.32 Å². The van der Waals surface area contributed by atoms with E-state index in [0.717, 1.165) is 26.1 Å². The first-order chi connectivity index (χ1) is 12.1. The van der Waals surface area contributed by atoms with Gasteiger partial charge in [-0.2, -0.15) is 0 Å². The number of halogens is 1. The molecule has 0 aliphatic carbocycles. The average Bonchev–Trinajstić information content (AvgIpc) is 2.95. The summed E-state index contributed by atoms with van der Waals surface area (Å²) in [6.45, 7) is 4.55. The molecule has 2 saturated heterocycles. The van der Waals surface area contributed by atoms with E-state index in [1.54, 1.807) is 24.3 Å². The van der Waals surface area contributed by atoms with Crippen LogP contribution in [0.25, 0.3) is 0 Å². The first kappa shape index (κ1) is 18.2. The van der Waals surface area contributed by atoms with Gasteiger partial charge in [-0.15, -0.1) is 0 Å². The second kappa shape index (κ2) is 8.68. The summed E-state index contributed by atoms with van der Waals surface area (Å²) in [5.41, 5.74) is 0.588. The summed E-state index contributed by atoms with van der Waals surface area (Å²) in [4.78, 5) is 29.0. The minimum absolute atomic E-state index is 0.125. The molecule has 136 valence electrons. The Morgan fingerprint density at radius 2 is 1.88 bits per heavy atom. The molecule has 0 aromatic heterocycles. The Balaban J connectivity index is 1.38. The highest BCUT2D eigenvalue weighted by molar-refractivity contribution is 6.30. The minimum Gasteiger partial charge on any atom is -0.352 e. The van der Waals surface area contributed by atoms with Crippen molar-refractivity contribution < 1.29 is 9.59 Å². The van der Waals surface area contributed by atoms with Crippen molar-refractivity contribution in [3.05, 3.63) is 34.9 Å². The highest BCUT2D eigenvalue weighted by Crippen LogP contribution is 2.21. The molecule has 25 heavy (non-hydrogen) atoms. The molecule has 1 N–H and O–H groups in total. The lowest BCUT2D eigenvalue weighted by Gasteiger charge is -2.25. The molecule has 2 heterocycles. The quantitative estimate of drug-likeness (QED) is 0.818. The van der Waals surface area contributed by atoms with E-state index >= 15 is 0 Å². The van der Waals surface area contributed by atoms with Crippen LogP contribution in [0.2, 0.25) is 5.02 Å². The van der Waals surface area contributed by atoms with Gasteiger partial charge < -0.3 is 10.2 Å². The molecule has 1 atom stereocenters. The Hall–Kier alpha value is -1.59. The summed E-state index contributed by atoms with van der Waals surface area (Å²) in [7, 11) is 0. The van der Waals surface area contributed by atoms with Crippen molar-refractivity contribution >= 4 is 23.4 Å². The van der Waals surface area contributed by atoms with Gasteiger partial charge in [0.15, 0.2) is 0 Å². The largest absolute Gasteiger partial charge is 0.352 e. The minimum atomic E-state index is -0.125. The van der Waals surface area contributed by atoms with Gasteiger partial charge in [-0.1, -0.05) is 11.6 Å². The van der Waals surface area contributed by atoms with E-state index in [4.69, 9.17) is 11.6 Å². The zero-order valence-electron chi connectivity index (χ0n) is 14.5. The third-order valence-corrected chi connectivity index (χ3v) is 5.37. The van der Waals surface area contributed by atoms with Crippen molar-refractivity contribution in [2.75, 3.05) is 32.7 Å². The van der Waals surface area contributed by atoms with Crippen LogP contribution in [0.4, 0.5) is 0 Å². The normalized spacial score (nSPS) is 20.8. The Kier molecular flexibility index (Phi) is 6.32. The van der Waals surface area contributed by atoms with Gasteiger partial charge in [0.05, 0.1) is 0 Å². The zero-order valence-corrected chi connectivity index (χ0v) is 15.3. The number of carbonyl (C=O) groups is 2. The van der Waals surface area contributed by atoms with Gasteiger partial charge in [0.25, 0.3) is 5.91 Å². The van der Waals surface area contributed by atoms with Crippen molar-refractivity contribution in [2.45, 2.75) is 38.1 Å². The molecule has 2 aliphatic rings. The fourth-order valence-electron chi connectivity index (χ4n) is 3.74. The van der Waals surface area contributed by atoms with E-state index in [1.165, 1.54) is 19.4 Å². The van der Waals surface area contributed by atoms with Crippen molar-refractivity contribution in [1.29, 1.82) is 0 Å². The van der Waals surface area contributed by atoms with Crippen molar-refractivity contribution in [2.24, 2.45) is 0 Å². The van der Waals surface area contributed by atoms with Gasteiger partial charge in [0.2, 0.25) is 5.91 Å². The smallest absolute Gasteiger partial charge is 0.251 e. The van der Waals surface area contributed by atoms with Crippen LogP contribution in [0.1, 0.15) is 42.5 Å². The van der Waals surface area contributed by atoms with E-state index in [9.17, 15) is 9.59 Å². The Morgan fingerprint density at radius 3 is 2.68 bits per heavy atom. The summed E-state index contributed by atoms with van der Waals surface area (Å²) in [5.74, 6) is 0.0926. The number of amides is 2. The lowest BCUT2D eigenvalue weighted by Crippen LogP contribution is -2.39. The number of hydrogen-bond donors (Lipinski definition) is 1. The molecule has 0 saturated carbocycles. The first-order valence-corrected chi connectivity index (χ1v) is 9.57. The molecule has 1 aromatic rings. The fourth-order valence-corrected chi connectivity index (χ4v) is 3.86. The number of nitrogens with one attached hydrogen (secondary N) is 1. The van der Waals surface area contributed by atoms with Crippen molar-refractivity contribution in [3.8, 4) is 0 Å². The summed E-state index contributed by atoms with van der Waals surface area (Å²) in [5, 5.41) is 3.48. The number of fused-ring (bicyclic) bond motifs is 1. The van der Waals surface area contributed by atoms with Gasteiger partial charge in [0.1, 0.15) is 0 Å². The maximum absolute atomic E-state index is 12.5. The third-order valence-electron chi connectivity index (χ3n) is 5.12. The van der Waals surface area contributed by atoms with E-state index in [-0.39, 0.29) is 11.8 Å². The van der Waals surface area contributed by atoms with Crippen LogP contribution in [-0.2, 0) is 4.79 Å². The van der Waals surface area contributed by atoms with Gasteiger partial charge >= 0.3 is 0 Å². The number of hydrogen-bond acceptors (Lipinski definition) is 3. The van der Waals surface area contributed by atoms with Crippen LogP contribution in [0.5, 0.6) is 0 Å². The predicted molar refractivity (Wildman–Crippen MR) is 98.8 cm³/mol. The van der Waals surface area contributed by atoms with Crippen LogP contribution >= 0.6 is 11.6 Å². The molecule has 2 fully saturated rings. The fraction of sp³-hybridized carbons (Fsp3) is 0.579. The number of carbonyl (C=O) groups excluding carboxylic acids is 2. The molecule has 3 rings (SSSR count). The van der Waals surface area contributed by atoms with Crippen molar-refractivity contribution in [1.82, 2.24) is 15.1 Å². The second-order valence-corrected chi connectivity index (χ2v) is 7.33. The maximum Gasteiger partial charge on any atom is 0.251 e. The SMILES string of the molecule is O=C(NCCCC(=O)N1CCCN2CCCC2C1)c1ccc(Cl)cc1. The van der Waals surface area contributed by atoms with Crippen LogP contribution in [-0.4, -0.2) is 60.4 Å². The third kappa shape index (κ3) is 4.95. The highest BCUT2D eigenvalue weighted by Gasteiger charge is 2.30. The molecular formula is C19H26ClN3O2. The van der Waals surface area contributed by atoms with Crippen LogP contribution in [0.15, 0.2) is 24.3 Å². The van der Waals surface area contributed by atoms with E-state index < -0.39 is 0 Å². The molecule has 1 unspecified atom stereocenters. The van der Waals surface area contributed by atoms with E-state index in [2.05, 4.69) is 10.2 Å². The number of benzene rings is 1. The van der Waals surface area contributed by atoms with Gasteiger partial charge in [-0.3, -0.25) is 14.5 Å². The molecule has 0 bridgehead atoms. The molecular weight excluding hydrogens is 338 g/mol. The van der Waals surface area contributed by atoms with E-state index in [1.807, 2.05) is 4.90 Å². The topological polar surface area (TPSA) is 52.7 Å². The lowest BCUT2D eigenvalue weighted by atomic mass is 10.2. The Morgan fingerprint density at radius 1 is 1.12 bits per heavy atom. The molecule has 6 heteroatoms. The maximum atomic E-state index is 12.5. The lowest BCUT2D eigenvalue weighted by molar-refractivity contribution is -0.131. The second-order valence-electron chi connectivity index (χ2n) is 6.89. The zero-order chi connectivity index (χ0) is 17.6. The average molecular weight is 364 g/mol. The monoisotopic (exact) mass is 363 g/mol. The van der Waals surface area contributed by atoms with Crippen LogP contribution in [0.3, 0.4) is 0 Å².